The van der Waals surface area contributed by atoms with Gasteiger partial charge in [0.05, 0.1) is 0 Å². The topological polar surface area (TPSA) is 0 Å². The summed E-state index contributed by atoms with van der Waals surface area (Å²) in [6.45, 7) is 16.7. The molecule has 0 N–H and O–H groups in total. The molecule has 0 nitrogen and oxygen atoms in total. The molecule has 0 radical (unpaired) electrons. The van der Waals surface area contributed by atoms with E-state index in [4.69, 9.17) is 0 Å². The zero-order chi connectivity index (χ0) is 12.6. The normalized spacial score (nSPS) is 13.1. The number of hydrogen-bond donors (Lipinski definition) is 0. The molecule has 0 aliphatic heterocycles. The van der Waals surface area contributed by atoms with Crippen molar-refractivity contribution >= 4 is 0 Å². The average Bonchev–Trinajstić information content (AvgIpc) is 2.12. The van der Waals surface area contributed by atoms with Crippen molar-refractivity contribution in [1.29, 1.82) is 0 Å². The smallest absolute Gasteiger partial charge is 0.0105 e. The monoisotopic (exact) mass is 218 g/mol. The molecule has 0 aliphatic rings. The number of rotatable bonds is 6. The molecule has 0 aromatic rings. The summed E-state index contributed by atoms with van der Waals surface area (Å²) in [4.78, 5) is 0. The van der Waals surface area contributed by atoms with Crippen molar-refractivity contribution in [2.24, 2.45) is 5.41 Å². The second-order valence-electron chi connectivity index (χ2n) is 5.51. The first-order valence-corrected chi connectivity index (χ1v) is 5.97. The lowest BCUT2D eigenvalue weighted by Gasteiger charge is -2.20. The van der Waals surface area contributed by atoms with Gasteiger partial charge in [-0.3, -0.25) is 0 Å². The molecule has 0 aromatic carbocycles. The van der Waals surface area contributed by atoms with Crippen LogP contribution in [0.25, 0.3) is 0 Å². The van der Waals surface area contributed by atoms with Gasteiger partial charge in [0.1, 0.15) is 0 Å². The van der Waals surface area contributed by atoms with Crippen LogP contribution in [0.15, 0.2) is 48.6 Å². The van der Waals surface area contributed by atoms with Crippen LogP contribution in [0.4, 0.5) is 0 Å². The second kappa shape index (κ2) is 7.27. The molecule has 0 amide bonds. The fourth-order valence-electron chi connectivity index (χ4n) is 1.69. The molecule has 90 valence electrons. The maximum Gasteiger partial charge on any atom is -0.0105 e. The first-order chi connectivity index (χ1) is 7.39. The third-order valence-electron chi connectivity index (χ3n) is 2.19. The largest absolute Gasteiger partial charge is 0.103 e. The van der Waals surface area contributed by atoms with E-state index >= 15 is 0 Å². The van der Waals surface area contributed by atoms with E-state index in [-0.39, 0.29) is 0 Å². The Morgan fingerprint density at radius 1 is 1.25 bits per heavy atom. The molecule has 0 atom stereocenters. The second-order valence-corrected chi connectivity index (χ2v) is 5.51. The van der Waals surface area contributed by atoms with E-state index < -0.39 is 0 Å². The molecule has 16 heavy (non-hydrogen) atoms. The molecule has 0 rings (SSSR count). The Balaban J connectivity index is 4.56. The van der Waals surface area contributed by atoms with Gasteiger partial charge in [-0.05, 0) is 31.6 Å². The Bertz CT molecular complexity index is 282. The summed E-state index contributed by atoms with van der Waals surface area (Å²) in [5.41, 5.74) is 3.04. The van der Waals surface area contributed by atoms with Gasteiger partial charge in [-0.25, -0.2) is 0 Å². The Morgan fingerprint density at radius 3 is 2.31 bits per heavy atom. The molecule has 0 saturated heterocycles. The summed E-state index contributed by atoms with van der Waals surface area (Å²) >= 11 is 0. The molecule has 0 heterocycles. The van der Waals surface area contributed by atoms with Gasteiger partial charge < -0.3 is 0 Å². The highest BCUT2D eigenvalue weighted by Gasteiger charge is 2.13. The van der Waals surface area contributed by atoms with Gasteiger partial charge >= 0.3 is 0 Å². The van der Waals surface area contributed by atoms with Gasteiger partial charge in [0, 0.05) is 0 Å². The van der Waals surface area contributed by atoms with E-state index in [1.165, 1.54) is 11.1 Å². The van der Waals surface area contributed by atoms with E-state index in [1.807, 2.05) is 13.0 Å². The van der Waals surface area contributed by atoms with Crippen LogP contribution >= 0.6 is 0 Å². The Kier molecular flexibility index (Phi) is 6.80. The molecule has 0 bridgehead atoms. The Labute approximate surface area is 101 Å². The minimum absolute atomic E-state index is 0.335. The zero-order valence-corrected chi connectivity index (χ0v) is 11.3. The van der Waals surface area contributed by atoms with Gasteiger partial charge in [-0.2, -0.15) is 0 Å². The molecule has 0 unspecified atom stereocenters. The summed E-state index contributed by atoms with van der Waals surface area (Å²) in [6.07, 6.45) is 11.4. The fourth-order valence-corrected chi connectivity index (χ4v) is 1.69. The SMILES string of the molecule is C=CCC(=C)C/C(=C/C=C\C)CC(C)(C)C. The van der Waals surface area contributed by atoms with Crippen LogP contribution in [0.5, 0.6) is 0 Å². The van der Waals surface area contributed by atoms with Crippen molar-refractivity contribution in [3.05, 3.63) is 48.6 Å². The van der Waals surface area contributed by atoms with Crippen molar-refractivity contribution in [3.63, 3.8) is 0 Å². The van der Waals surface area contributed by atoms with Crippen molar-refractivity contribution in [2.45, 2.75) is 47.0 Å². The lowest BCUT2D eigenvalue weighted by atomic mass is 9.85. The zero-order valence-electron chi connectivity index (χ0n) is 11.3. The highest BCUT2D eigenvalue weighted by molar-refractivity contribution is 5.20. The molecular weight excluding hydrogens is 192 g/mol. The van der Waals surface area contributed by atoms with Crippen LogP contribution in [0, 0.1) is 5.41 Å². The lowest BCUT2D eigenvalue weighted by Crippen LogP contribution is -2.06. The van der Waals surface area contributed by atoms with Crippen LogP contribution < -0.4 is 0 Å². The van der Waals surface area contributed by atoms with Gasteiger partial charge in [0.25, 0.3) is 0 Å². The first-order valence-electron chi connectivity index (χ1n) is 5.97. The van der Waals surface area contributed by atoms with Crippen LogP contribution in [0.2, 0.25) is 0 Å². The van der Waals surface area contributed by atoms with E-state index in [1.54, 1.807) is 0 Å². The maximum atomic E-state index is 4.09. The molecular formula is C16H26. The van der Waals surface area contributed by atoms with Crippen molar-refractivity contribution in [1.82, 2.24) is 0 Å². The van der Waals surface area contributed by atoms with E-state index in [9.17, 15) is 0 Å². The van der Waals surface area contributed by atoms with Crippen molar-refractivity contribution in [3.8, 4) is 0 Å². The molecule has 0 fully saturated rings. The minimum atomic E-state index is 0.335. The first kappa shape index (κ1) is 15.0. The van der Waals surface area contributed by atoms with Gasteiger partial charge in [-0.15, -0.1) is 6.58 Å². The summed E-state index contributed by atoms with van der Waals surface area (Å²) in [5.74, 6) is 0. The summed E-state index contributed by atoms with van der Waals surface area (Å²) in [5, 5.41) is 0. The molecule has 0 aromatic heterocycles. The van der Waals surface area contributed by atoms with E-state index in [0.717, 1.165) is 19.3 Å². The lowest BCUT2D eigenvalue weighted by molar-refractivity contribution is 0.406. The number of hydrogen-bond acceptors (Lipinski definition) is 0. The van der Waals surface area contributed by atoms with Gasteiger partial charge in [0.15, 0.2) is 0 Å². The van der Waals surface area contributed by atoms with Crippen LogP contribution in [-0.4, -0.2) is 0 Å². The Morgan fingerprint density at radius 2 is 1.88 bits per heavy atom. The van der Waals surface area contributed by atoms with Gasteiger partial charge in [-0.1, -0.05) is 62.8 Å². The average molecular weight is 218 g/mol. The summed E-state index contributed by atoms with van der Waals surface area (Å²) < 4.78 is 0. The van der Waals surface area contributed by atoms with Crippen molar-refractivity contribution < 1.29 is 0 Å². The van der Waals surface area contributed by atoms with Gasteiger partial charge in [0.2, 0.25) is 0 Å². The number of allylic oxidation sites excluding steroid dienone is 6. The highest BCUT2D eigenvalue weighted by Crippen LogP contribution is 2.28. The molecule has 0 saturated carbocycles. The molecule has 0 aliphatic carbocycles. The maximum absolute atomic E-state index is 4.09. The fraction of sp³-hybridized carbons (Fsp3) is 0.500. The van der Waals surface area contributed by atoms with Crippen LogP contribution in [0.3, 0.4) is 0 Å². The Hall–Kier alpha value is -1.04. The van der Waals surface area contributed by atoms with E-state index in [2.05, 4.69) is 52.2 Å². The van der Waals surface area contributed by atoms with Crippen molar-refractivity contribution in [2.75, 3.05) is 0 Å². The predicted octanol–water partition coefficient (Wildman–Crippen LogP) is 5.45. The molecule has 0 spiro atoms. The predicted molar refractivity (Wildman–Crippen MR) is 75.5 cm³/mol. The van der Waals surface area contributed by atoms with Crippen LogP contribution in [0.1, 0.15) is 47.0 Å². The summed E-state index contributed by atoms with van der Waals surface area (Å²) in [6, 6.07) is 0. The molecule has 0 heteroatoms. The van der Waals surface area contributed by atoms with Crippen LogP contribution in [-0.2, 0) is 0 Å². The quantitative estimate of drug-likeness (QED) is 0.411. The standard InChI is InChI=1S/C16H26/c1-7-9-11-15(13-16(4,5)6)12-14(3)10-8-2/h7-9,11H,2-3,10,12-13H2,1,4-6H3/b9-7-,15-11-. The summed E-state index contributed by atoms with van der Waals surface area (Å²) in [7, 11) is 0. The third kappa shape index (κ3) is 8.28. The minimum Gasteiger partial charge on any atom is -0.103 e. The van der Waals surface area contributed by atoms with E-state index in [0.29, 0.717) is 5.41 Å². The highest BCUT2D eigenvalue weighted by atomic mass is 14.2. The third-order valence-corrected chi connectivity index (χ3v) is 2.19.